The normalized spacial score (nSPS) is 11.1. The van der Waals surface area contributed by atoms with Crippen molar-refractivity contribution in [2.75, 3.05) is 0 Å². The molecule has 9 aromatic rings. The molecule has 0 saturated heterocycles. The fourth-order valence-electron chi connectivity index (χ4n) is 7.40. The summed E-state index contributed by atoms with van der Waals surface area (Å²) in [6.45, 7) is 0. The lowest BCUT2D eigenvalue weighted by Gasteiger charge is -2.15. The van der Waals surface area contributed by atoms with Gasteiger partial charge in [0.2, 0.25) is 0 Å². The molecule has 0 spiro atoms. The minimum absolute atomic E-state index is 0.561. The zero-order chi connectivity index (χ0) is 33.8. The van der Waals surface area contributed by atoms with Crippen molar-refractivity contribution >= 4 is 43.6 Å². The van der Waals surface area contributed by atoms with Crippen LogP contribution < -0.4 is 0 Å². The molecular weight excluding hydrogens is 611 g/mol. The van der Waals surface area contributed by atoms with Crippen LogP contribution in [0.4, 0.5) is 0 Å². The number of fused-ring (bicyclic) bond motifs is 6. The lowest BCUT2D eigenvalue weighted by Crippen LogP contribution is -1.98. The molecule has 2 aromatic heterocycles. The van der Waals surface area contributed by atoms with Crippen LogP contribution in [0.2, 0.25) is 0 Å². The smallest absolute Gasteiger partial charge is 0.0998 e. The van der Waals surface area contributed by atoms with Crippen LogP contribution in [0, 0.1) is 34.0 Å². The molecule has 0 bridgehead atoms. The van der Waals surface area contributed by atoms with Gasteiger partial charge >= 0.3 is 0 Å². The number of para-hydroxylation sites is 3. The van der Waals surface area contributed by atoms with Crippen LogP contribution >= 0.6 is 0 Å². The number of rotatable bonds is 4. The van der Waals surface area contributed by atoms with E-state index in [-0.39, 0.29) is 0 Å². The standard InChI is InChI=1S/C45H25N5/c46-26-29-17-21-44-40(22-29)38-12-3-6-15-43(38)50(44)41-13-4-1-10-36(41)32-9-7-8-31(24-32)35-20-18-34(25-33(35)28-48)49-42-14-5-2-11-37(42)39-19-16-30(27-47)23-45(39)49/h1-25H. The molecule has 7 aromatic carbocycles. The lowest BCUT2D eigenvalue weighted by atomic mass is 9.95. The van der Waals surface area contributed by atoms with E-state index in [2.05, 4.69) is 81.9 Å². The van der Waals surface area contributed by atoms with Gasteiger partial charge in [-0.3, -0.25) is 0 Å². The summed E-state index contributed by atoms with van der Waals surface area (Å²) >= 11 is 0. The van der Waals surface area contributed by atoms with Crippen molar-refractivity contribution in [2.24, 2.45) is 0 Å². The fourth-order valence-corrected chi connectivity index (χ4v) is 7.40. The van der Waals surface area contributed by atoms with E-state index in [9.17, 15) is 15.8 Å². The minimum Gasteiger partial charge on any atom is -0.309 e. The van der Waals surface area contributed by atoms with Crippen molar-refractivity contribution in [3.63, 3.8) is 0 Å². The van der Waals surface area contributed by atoms with Crippen molar-refractivity contribution in [1.29, 1.82) is 15.8 Å². The molecule has 0 fully saturated rings. The van der Waals surface area contributed by atoms with E-state index < -0.39 is 0 Å². The molecule has 0 N–H and O–H groups in total. The molecule has 2 heterocycles. The van der Waals surface area contributed by atoms with Crippen molar-refractivity contribution in [3.05, 3.63) is 168 Å². The fraction of sp³-hybridized carbons (Fsp3) is 0. The quantitative estimate of drug-likeness (QED) is 0.193. The van der Waals surface area contributed by atoms with Gasteiger partial charge in [0.1, 0.15) is 0 Å². The molecule has 0 amide bonds. The first-order valence-electron chi connectivity index (χ1n) is 16.3. The second-order valence-electron chi connectivity index (χ2n) is 12.3. The molecule has 9 rings (SSSR count). The predicted molar refractivity (Wildman–Crippen MR) is 200 cm³/mol. The van der Waals surface area contributed by atoms with Crippen LogP contribution in [0.25, 0.3) is 77.2 Å². The van der Waals surface area contributed by atoms with E-state index >= 15 is 0 Å². The van der Waals surface area contributed by atoms with E-state index in [4.69, 9.17) is 0 Å². The first-order chi connectivity index (χ1) is 24.7. The summed E-state index contributed by atoms with van der Waals surface area (Å²) in [7, 11) is 0. The van der Waals surface area contributed by atoms with Crippen LogP contribution in [0.3, 0.4) is 0 Å². The highest BCUT2D eigenvalue weighted by molar-refractivity contribution is 6.11. The van der Waals surface area contributed by atoms with Crippen molar-refractivity contribution in [3.8, 4) is 51.8 Å². The Morgan fingerprint density at radius 1 is 0.380 bits per heavy atom. The van der Waals surface area contributed by atoms with Gasteiger partial charge in [-0.15, -0.1) is 0 Å². The maximum atomic E-state index is 10.5. The van der Waals surface area contributed by atoms with Gasteiger partial charge in [-0.2, -0.15) is 15.8 Å². The minimum atomic E-state index is 0.561. The Kier molecular flexibility index (Phi) is 6.56. The van der Waals surface area contributed by atoms with Crippen LogP contribution in [0.1, 0.15) is 16.7 Å². The monoisotopic (exact) mass is 635 g/mol. The average Bonchev–Trinajstić information content (AvgIpc) is 3.69. The highest BCUT2D eigenvalue weighted by Crippen LogP contribution is 2.39. The highest BCUT2D eigenvalue weighted by Gasteiger charge is 2.18. The number of benzene rings is 7. The first-order valence-corrected chi connectivity index (χ1v) is 16.3. The van der Waals surface area contributed by atoms with E-state index in [0.29, 0.717) is 16.7 Å². The highest BCUT2D eigenvalue weighted by atomic mass is 15.0. The molecule has 50 heavy (non-hydrogen) atoms. The van der Waals surface area contributed by atoms with Crippen LogP contribution in [0.5, 0.6) is 0 Å². The number of nitriles is 3. The van der Waals surface area contributed by atoms with E-state index in [1.165, 1.54) is 0 Å². The van der Waals surface area contributed by atoms with Crippen LogP contribution in [0.15, 0.2) is 152 Å². The van der Waals surface area contributed by atoms with Crippen molar-refractivity contribution in [2.45, 2.75) is 0 Å². The molecular formula is C45H25N5. The van der Waals surface area contributed by atoms with Gasteiger partial charge in [0.25, 0.3) is 0 Å². The molecule has 5 heteroatoms. The predicted octanol–water partition coefficient (Wildman–Crippen LogP) is 10.8. The Morgan fingerprint density at radius 3 is 1.78 bits per heavy atom. The SMILES string of the molecule is N#Cc1ccc2c(c1)c1ccccc1n2-c1ccccc1-c1cccc(-c2ccc(-n3c4ccccc4c4ccc(C#N)cc43)cc2C#N)c1. The average molecular weight is 636 g/mol. The topological polar surface area (TPSA) is 81.2 Å². The molecule has 230 valence electrons. The summed E-state index contributed by atoms with van der Waals surface area (Å²) in [4.78, 5) is 0. The van der Waals surface area contributed by atoms with Gasteiger partial charge in [0.15, 0.2) is 0 Å². The third-order valence-electron chi connectivity index (χ3n) is 9.62. The van der Waals surface area contributed by atoms with Crippen molar-refractivity contribution in [1.82, 2.24) is 9.13 Å². The van der Waals surface area contributed by atoms with Gasteiger partial charge in [-0.1, -0.05) is 84.9 Å². The van der Waals surface area contributed by atoms with E-state index in [1.807, 2.05) is 97.1 Å². The third-order valence-corrected chi connectivity index (χ3v) is 9.62. The van der Waals surface area contributed by atoms with Gasteiger partial charge in [0, 0.05) is 32.8 Å². The number of nitrogens with zero attached hydrogens (tertiary/aromatic N) is 5. The number of hydrogen-bond donors (Lipinski definition) is 0. The second-order valence-corrected chi connectivity index (χ2v) is 12.3. The van der Waals surface area contributed by atoms with Crippen LogP contribution in [-0.4, -0.2) is 9.13 Å². The first kappa shape index (κ1) is 28.8. The van der Waals surface area contributed by atoms with Gasteiger partial charge < -0.3 is 9.13 Å². The lowest BCUT2D eigenvalue weighted by molar-refractivity contribution is 1.18. The molecule has 0 radical (unpaired) electrons. The third kappa shape index (κ3) is 4.38. The van der Waals surface area contributed by atoms with Gasteiger partial charge in [-0.25, -0.2) is 0 Å². The zero-order valence-corrected chi connectivity index (χ0v) is 26.7. The van der Waals surface area contributed by atoms with Gasteiger partial charge in [-0.05, 0) is 83.4 Å². The Bertz CT molecular complexity index is 2970. The second kappa shape index (κ2) is 11.4. The molecule has 5 nitrogen and oxygen atoms in total. The molecule has 0 atom stereocenters. The summed E-state index contributed by atoms with van der Waals surface area (Å²) in [5, 5.41) is 34.0. The largest absolute Gasteiger partial charge is 0.309 e. The van der Waals surface area contributed by atoms with E-state index in [1.54, 1.807) is 0 Å². The number of aromatic nitrogens is 2. The Labute approximate surface area is 287 Å². The number of hydrogen-bond acceptors (Lipinski definition) is 3. The summed E-state index contributed by atoms with van der Waals surface area (Å²) < 4.78 is 4.40. The maximum absolute atomic E-state index is 10.5. The van der Waals surface area contributed by atoms with Crippen LogP contribution in [-0.2, 0) is 0 Å². The molecule has 0 unspecified atom stereocenters. The Hall–Kier alpha value is -7.39. The Balaban J connectivity index is 1.19. The maximum Gasteiger partial charge on any atom is 0.0998 e. The summed E-state index contributed by atoms with van der Waals surface area (Å²) in [5.41, 5.74) is 11.6. The molecule has 0 aliphatic carbocycles. The molecule has 0 aliphatic heterocycles. The van der Waals surface area contributed by atoms with E-state index in [0.717, 1.165) is 77.2 Å². The molecule has 0 saturated carbocycles. The Morgan fingerprint density at radius 2 is 1.00 bits per heavy atom. The molecule has 0 aliphatic rings. The summed E-state index contributed by atoms with van der Waals surface area (Å²) in [6.07, 6.45) is 0. The summed E-state index contributed by atoms with van der Waals surface area (Å²) in [5.74, 6) is 0. The zero-order valence-electron chi connectivity index (χ0n) is 26.7. The van der Waals surface area contributed by atoms with Gasteiger partial charge in [0.05, 0.1) is 62.7 Å². The summed E-state index contributed by atoms with van der Waals surface area (Å²) in [6, 6.07) is 57.8. The van der Waals surface area contributed by atoms with Crippen molar-refractivity contribution < 1.29 is 0 Å².